The van der Waals surface area contributed by atoms with Gasteiger partial charge in [0.25, 0.3) is 5.69 Å². The van der Waals surface area contributed by atoms with E-state index in [0.29, 0.717) is 6.54 Å². The standard InChI is InChI=1S/C12H17N3O2/c1-13-9-10-8-11(15(16)17)4-5-12(10)14-6-2-3-7-14/h4-5,8,13H,2-3,6-7,9H2,1H3. The van der Waals surface area contributed by atoms with Crippen molar-refractivity contribution in [3.05, 3.63) is 33.9 Å². The Balaban J connectivity index is 2.33. The van der Waals surface area contributed by atoms with Gasteiger partial charge in [-0.25, -0.2) is 0 Å². The molecule has 1 heterocycles. The molecule has 1 fully saturated rings. The molecule has 17 heavy (non-hydrogen) atoms. The summed E-state index contributed by atoms with van der Waals surface area (Å²) in [6.07, 6.45) is 2.41. The molecule has 0 radical (unpaired) electrons. The molecule has 0 amide bonds. The van der Waals surface area contributed by atoms with Crippen LogP contribution in [0.25, 0.3) is 0 Å². The Morgan fingerprint density at radius 1 is 1.41 bits per heavy atom. The maximum absolute atomic E-state index is 10.8. The molecule has 2 rings (SSSR count). The molecule has 1 N–H and O–H groups in total. The van der Waals surface area contributed by atoms with E-state index < -0.39 is 0 Å². The zero-order valence-electron chi connectivity index (χ0n) is 9.98. The average molecular weight is 235 g/mol. The predicted molar refractivity (Wildman–Crippen MR) is 67.3 cm³/mol. The molecule has 5 heteroatoms. The summed E-state index contributed by atoms with van der Waals surface area (Å²) in [6, 6.07) is 5.13. The van der Waals surface area contributed by atoms with Crippen molar-refractivity contribution in [1.29, 1.82) is 0 Å². The first-order valence-electron chi connectivity index (χ1n) is 5.89. The predicted octanol–water partition coefficient (Wildman–Crippen LogP) is 1.91. The smallest absolute Gasteiger partial charge is 0.269 e. The van der Waals surface area contributed by atoms with E-state index in [0.717, 1.165) is 24.3 Å². The van der Waals surface area contributed by atoms with Crippen LogP contribution >= 0.6 is 0 Å². The van der Waals surface area contributed by atoms with Gasteiger partial charge in [-0.15, -0.1) is 0 Å². The summed E-state index contributed by atoms with van der Waals surface area (Å²) in [7, 11) is 1.85. The summed E-state index contributed by atoms with van der Waals surface area (Å²) >= 11 is 0. The summed E-state index contributed by atoms with van der Waals surface area (Å²) in [6.45, 7) is 2.76. The van der Waals surface area contributed by atoms with E-state index in [2.05, 4.69) is 10.2 Å². The van der Waals surface area contributed by atoms with Crippen LogP contribution < -0.4 is 10.2 Å². The summed E-state index contributed by atoms with van der Waals surface area (Å²) < 4.78 is 0. The lowest BCUT2D eigenvalue weighted by molar-refractivity contribution is -0.384. The highest BCUT2D eigenvalue weighted by Gasteiger charge is 2.17. The van der Waals surface area contributed by atoms with E-state index in [9.17, 15) is 10.1 Å². The molecule has 1 aliphatic rings. The SMILES string of the molecule is CNCc1cc([N+](=O)[O-])ccc1N1CCCC1. The molecule has 1 saturated heterocycles. The van der Waals surface area contributed by atoms with E-state index in [1.807, 2.05) is 13.1 Å². The fourth-order valence-electron chi connectivity index (χ4n) is 2.28. The van der Waals surface area contributed by atoms with Gasteiger partial charge in [0.05, 0.1) is 4.92 Å². The van der Waals surface area contributed by atoms with Crippen LogP contribution in [0.1, 0.15) is 18.4 Å². The molecule has 92 valence electrons. The van der Waals surface area contributed by atoms with Gasteiger partial charge < -0.3 is 10.2 Å². The van der Waals surface area contributed by atoms with Crippen molar-refractivity contribution in [3.8, 4) is 0 Å². The highest BCUT2D eigenvalue weighted by atomic mass is 16.6. The fourth-order valence-corrected chi connectivity index (χ4v) is 2.28. The molecular weight excluding hydrogens is 218 g/mol. The maximum atomic E-state index is 10.8. The number of nitrogens with zero attached hydrogens (tertiary/aromatic N) is 2. The first kappa shape index (κ1) is 11.9. The van der Waals surface area contributed by atoms with Gasteiger partial charge in [0.1, 0.15) is 0 Å². The molecule has 0 aromatic heterocycles. The van der Waals surface area contributed by atoms with E-state index in [4.69, 9.17) is 0 Å². The van der Waals surface area contributed by atoms with Crippen molar-refractivity contribution >= 4 is 11.4 Å². The van der Waals surface area contributed by atoms with Crippen molar-refractivity contribution in [2.45, 2.75) is 19.4 Å². The van der Waals surface area contributed by atoms with Gasteiger partial charge in [0.2, 0.25) is 0 Å². The van der Waals surface area contributed by atoms with Crippen LogP contribution in [0.3, 0.4) is 0 Å². The largest absolute Gasteiger partial charge is 0.371 e. The van der Waals surface area contributed by atoms with E-state index in [-0.39, 0.29) is 10.6 Å². The first-order chi connectivity index (χ1) is 8.22. The molecule has 0 aliphatic carbocycles. The Morgan fingerprint density at radius 2 is 2.12 bits per heavy atom. The Labute approximate surface area is 101 Å². The van der Waals surface area contributed by atoms with Gasteiger partial charge in [0, 0.05) is 37.5 Å². The molecule has 0 spiro atoms. The van der Waals surface area contributed by atoms with Crippen molar-refractivity contribution in [2.24, 2.45) is 0 Å². The van der Waals surface area contributed by atoms with Crippen LogP contribution in [0.5, 0.6) is 0 Å². The van der Waals surface area contributed by atoms with E-state index in [1.165, 1.54) is 12.8 Å². The Kier molecular flexibility index (Phi) is 3.58. The van der Waals surface area contributed by atoms with E-state index in [1.54, 1.807) is 12.1 Å². The molecule has 1 aromatic carbocycles. The first-order valence-corrected chi connectivity index (χ1v) is 5.89. The highest BCUT2D eigenvalue weighted by Crippen LogP contribution is 2.28. The van der Waals surface area contributed by atoms with Crippen LogP contribution in [0.15, 0.2) is 18.2 Å². The van der Waals surface area contributed by atoms with Crippen LogP contribution in [0.4, 0.5) is 11.4 Å². The Hall–Kier alpha value is -1.62. The summed E-state index contributed by atoms with van der Waals surface area (Å²) in [4.78, 5) is 12.7. The number of nitrogens with one attached hydrogen (secondary N) is 1. The number of nitro groups is 1. The lowest BCUT2D eigenvalue weighted by Gasteiger charge is -2.21. The minimum absolute atomic E-state index is 0.165. The number of hydrogen-bond donors (Lipinski definition) is 1. The zero-order chi connectivity index (χ0) is 12.3. The van der Waals surface area contributed by atoms with Crippen molar-refractivity contribution in [2.75, 3.05) is 25.0 Å². The molecule has 0 bridgehead atoms. The molecule has 0 unspecified atom stereocenters. The third-order valence-electron chi connectivity index (χ3n) is 3.09. The Morgan fingerprint density at radius 3 is 2.71 bits per heavy atom. The Bertz CT molecular complexity index is 414. The normalized spacial score (nSPS) is 15.2. The average Bonchev–Trinajstić information content (AvgIpc) is 2.82. The van der Waals surface area contributed by atoms with Gasteiger partial charge in [0.15, 0.2) is 0 Å². The summed E-state index contributed by atoms with van der Waals surface area (Å²) in [5.41, 5.74) is 2.30. The van der Waals surface area contributed by atoms with Gasteiger partial charge >= 0.3 is 0 Å². The van der Waals surface area contributed by atoms with Gasteiger partial charge in [-0.05, 0) is 31.5 Å². The number of rotatable bonds is 4. The third kappa shape index (κ3) is 2.55. The van der Waals surface area contributed by atoms with Crippen LogP contribution in [-0.4, -0.2) is 25.1 Å². The minimum Gasteiger partial charge on any atom is -0.371 e. The third-order valence-corrected chi connectivity index (χ3v) is 3.09. The topological polar surface area (TPSA) is 58.4 Å². The van der Waals surface area contributed by atoms with E-state index >= 15 is 0 Å². The summed E-state index contributed by atoms with van der Waals surface area (Å²) in [5, 5.41) is 13.8. The van der Waals surface area contributed by atoms with Gasteiger partial charge in [-0.1, -0.05) is 0 Å². The number of nitro benzene ring substituents is 1. The van der Waals surface area contributed by atoms with Crippen LogP contribution in [0, 0.1) is 10.1 Å². The summed E-state index contributed by atoms with van der Waals surface area (Å²) in [5.74, 6) is 0. The highest BCUT2D eigenvalue weighted by molar-refractivity contribution is 5.58. The van der Waals surface area contributed by atoms with Crippen LogP contribution in [0.2, 0.25) is 0 Å². The second-order valence-corrected chi connectivity index (χ2v) is 4.29. The molecule has 0 atom stereocenters. The monoisotopic (exact) mass is 235 g/mol. The minimum atomic E-state index is -0.340. The van der Waals surface area contributed by atoms with Crippen molar-refractivity contribution < 1.29 is 4.92 Å². The number of benzene rings is 1. The maximum Gasteiger partial charge on any atom is 0.269 e. The number of non-ortho nitro benzene ring substituents is 1. The molecule has 0 saturated carbocycles. The lowest BCUT2D eigenvalue weighted by Crippen LogP contribution is -2.20. The van der Waals surface area contributed by atoms with Gasteiger partial charge in [-0.2, -0.15) is 0 Å². The second kappa shape index (κ2) is 5.14. The quantitative estimate of drug-likeness (QED) is 0.639. The van der Waals surface area contributed by atoms with Crippen molar-refractivity contribution in [3.63, 3.8) is 0 Å². The molecular formula is C12H17N3O2. The second-order valence-electron chi connectivity index (χ2n) is 4.29. The van der Waals surface area contributed by atoms with Gasteiger partial charge in [-0.3, -0.25) is 10.1 Å². The number of hydrogen-bond acceptors (Lipinski definition) is 4. The number of anilines is 1. The molecule has 1 aromatic rings. The molecule has 1 aliphatic heterocycles. The molecule has 5 nitrogen and oxygen atoms in total. The van der Waals surface area contributed by atoms with Crippen LogP contribution in [-0.2, 0) is 6.54 Å². The fraction of sp³-hybridized carbons (Fsp3) is 0.500. The lowest BCUT2D eigenvalue weighted by atomic mass is 10.1. The van der Waals surface area contributed by atoms with Crippen molar-refractivity contribution in [1.82, 2.24) is 5.32 Å². The zero-order valence-corrected chi connectivity index (χ0v) is 9.98.